The Bertz CT molecular complexity index is 693. The van der Waals surface area contributed by atoms with Crippen molar-refractivity contribution in [2.24, 2.45) is 0 Å². The lowest BCUT2D eigenvalue weighted by molar-refractivity contribution is -0.116. The van der Waals surface area contributed by atoms with Crippen LogP contribution in [0.25, 0.3) is 0 Å². The molecule has 2 fully saturated rings. The second-order valence-corrected chi connectivity index (χ2v) is 7.52. The zero-order chi connectivity index (χ0) is 18.1. The van der Waals surface area contributed by atoms with E-state index in [-0.39, 0.29) is 18.4 Å². The van der Waals surface area contributed by atoms with Crippen LogP contribution >= 0.6 is 0 Å². The van der Waals surface area contributed by atoms with E-state index in [4.69, 9.17) is 0 Å². The Morgan fingerprint density at radius 2 is 1.88 bits per heavy atom. The molecule has 0 spiro atoms. The summed E-state index contributed by atoms with van der Waals surface area (Å²) in [6.45, 7) is 3.68. The molecule has 26 heavy (non-hydrogen) atoms. The lowest BCUT2D eigenvalue weighted by atomic mass is 9.94. The summed E-state index contributed by atoms with van der Waals surface area (Å²) < 4.78 is 0. The van der Waals surface area contributed by atoms with E-state index >= 15 is 0 Å². The Morgan fingerprint density at radius 3 is 2.62 bits per heavy atom. The molecule has 1 aliphatic carbocycles. The predicted molar refractivity (Wildman–Crippen MR) is 100 cm³/mol. The minimum absolute atomic E-state index is 0.00927. The number of hydrogen-bond donors (Lipinski definition) is 1. The quantitative estimate of drug-likeness (QED) is 0.870. The Balaban J connectivity index is 1.41. The van der Waals surface area contributed by atoms with Gasteiger partial charge in [0.05, 0.1) is 17.8 Å². The van der Waals surface area contributed by atoms with E-state index in [1.165, 1.54) is 32.1 Å². The van der Waals surface area contributed by atoms with E-state index in [0.717, 1.165) is 26.2 Å². The largest absolute Gasteiger partial charge is 0.359 e. The first-order valence-electron chi connectivity index (χ1n) is 9.67. The molecule has 2 aliphatic heterocycles. The average molecular weight is 357 g/mol. The molecule has 1 saturated carbocycles. The van der Waals surface area contributed by atoms with Gasteiger partial charge in [-0.3, -0.25) is 14.5 Å². The van der Waals surface area contributed by atoms with Crippen molar-refractivity contribution in [1.29, 1.82) is 0 Å². The molecule has 1 saturated heterocycles. The smallest absolute Gasteiger partial charge is 0.255 e. The second-order valence-electron chi connectivity index (χ2n) is 7.52. The molecule has 0 radical (unpaired) electrons. The Kier molecular flexibility index (Phi) is 4.80. The predicted octanol–water partition coefficient (Wildman–Crippen LogP) is 1.56. The van der Waals surface area contributed by atoms with Crippen LogP contribution in [0, 0.1) is 0 Å². The van der Waals surface area contributed by atoms with Gasteiger partial charge in [-0.1, -0.05) is 19.3 Å². The lowest BCUT2D eigenvalue weighted by Crippen LogP contribution is -2.52. The Morgan fingerprint density at radius 1 is 1.15 bits per heavy atom. The topological polar surface area (TPSA) is 68.8 Å². The first-order chi connectivity index (χ1) is 12.6. The number of carbonyl (C=O) groups excluding carboxylic acids is 2. The van der Waals surface area contributed by atoms with Gasteiger partial charge in [0, 0.05) is 45.5 Å². The molecule has 2 amide bonds. The number of nitrogens with one attached hydrogen (secondary N) is 1. The van der Waals surface area contributed by atoms with Gasteiger partial charge in [-0.25, -0.2) is 4.98 Å². The fourth-order valence-electron chi connectivity index (χ4n) is 4.29. The average Bonchev–Trinajstić information content (AvgIpc) is 2.71. The fraction of sp³-hybridized carbons (Fsp3) is 0.632. The molecule has 0 aromatic carbocycles. The number of likely N-dealkylation sites (N-methyl/N-ethyl adjacent to an activating group) is 1. The van der Waals surface area contributed by atoms with Crippen LogP contribution in [0.2, 0.25) is 0 Å². The van der Waals surface area contributed by atoms with Crippen LogP contribution < -0.4 is 10.2 Å². The van der Waals surface area contributed by atoms with Crippen LogP contribution in [0.3, 0.4) is 0 Å². The van der Waals surface area contributed by atoms with Crippen LogP contribution in [0.4, 0.5) is 11.5 Å². The maximum Gasteiger partial charge on any atom is 0.255 e. The standard InChI is InChI=1S/C19H27N5O2/c1-22-16-11-14(12-20-18(16)21-13-17(22)25)19(26)24-9-7-23(8-10-24)15-5-3-2-4-6-15/h11-12,15H,2-10,13H2,1H3,(H,20,21). The maximum atomic E-state index is 12.9. The number of piperazine rings is 1. The number of nitrogens with zero attached hydrogens (tertiary/aromatic N) is 4. The van der Waals surface area contributed by atoms with Gasteiger partial charge >= 0.3 is 0 Å². The molecule has 1 aromatic heterocycles. The Hall–Kier alpha value is -2.15. The minimum Gasteiger partial charge on any atom is -0.359 e. The summed E-state index contributed by atoms with van der Waals surface area (Å²) in [7, 11) is 1.72. The summed E-state index contributed by atoms with van der Waals surface area (Å²) in [5.41, 5.74) is 1.23. The number of hydrogen-bond acceptors (Lipinski definition) is 5. The van der Waals surface area contributed by atoms with E-state index in [1.54, 1.807) is 24.2 Å². The molecule has 7 heteroatoms. The van der Waals surface area contributed by atoms with Gasteiger partial charge in [0.2, 0.25) is 5.91 Å². The van der Waals surface area contributed by atoms with E-state index < -0.39 is 0 Å². The van der Waals surface area contributed by atoms with E-state index in [0.29, 0.717) is 23.1 Å². The summed E-state index contributed by atoms with van der Waals surface area (Å²) in [6, 6.07) is 2.49. The van der Waals surface area contributed by atoms with Crippen molar-refractivity contribution >= 4 is 23.3 Å². The van der Waals surface area contributed by atoms with Gasteiger partial charge < -0.3 is 15.1 Å². The number of pyridine rings is 1. The van der Waals surface area contributed by atoms with Crippen molar-refractivity contribution in [2.45, 2.75) is 38.1 Å². The molecule has 0 atom stereocenters. The number of anilines is 2. The van der Waals surface area contributed by atoms with Gasteiger partial charge in [0.25, 0.3) is 5.91 Å². The first-order valence-corrected chi connectivity index (χ1v) is 9.67. The van der Waals surface area contributed by atoms with Crippen LogP contribution in [-0.4, -0.2) is 72.4 Å². The highest BCUT2D eigenvalue weighted by Gasteiger charge is 2.29. The summed E-state index contributed by atoms with van der Waals surface area (Å²) in [5, 5.41) is 3.00. The zero-order valence-corrected chi connectivity index (χ0v) is 15.4. The van der Waals surface area contributed by atoms with Crippen molar-refractivity contribution in [1.82, 2.24) is 14.8 Å². The highest BCUT2D eigenvalue weighted by Crippen LogP contribution is 2.28. The van der Waals surface area contributed by atoms with Gasteiger partial charge in [-0.2, -0.15) is 0 Å². The molecule has 7 nitrogen and oxygen atoms in total. The maximum absolute atomic E-state index is 12.9. The van der Waals surface area contributed by atoms with Gasteiger partial charge in [-0.05, 0) is 18.9 Å². The van der Waals surface area contributed by atoms with E-state index in [1.807, 2.05) is 4.90 Å². The molecular formula is C19H27N5O2. The molecule has 140 valence electrons. The van der Waals surface area contributed by atoms with Crippen molar-refractivity contribution in [3.8, 4) is 0 Å². The van der Waals surface area contributed by atoms with Gasteiger partial charge in [-0.15, -0.1) is 0 Å². The highest BCUT2D eigenvalue weighted by molar-refractivity contribution is 6.03. The molecule has 3 heterocycles. The minimum atomic E-state index is -0.0232. The Labute approximate surface area is 154 Å². The summed E-state index contributed by atoms with van der Waals surface area (Å²) in [6.07, 6.45) is 8.26. The molecule has 0 unspecified atom stereocenters. The molecule has 1 N–H and O–H groups in total. The third-order valence-corrected chi connectivity index (χ3v) is 5.95. The normalized spacial score (nSPS) is 22.1. The monoisotopic (exact) mass is 357 g/mol. The molecule has 1 aromatic rings. The van der Waals surface area contributed by atoms with E-state index in [2.05, 4.69) is 15.2 Å². The van der Waals surface area contributed by atoms with Crippen molar-refractivity contribution in [3.05, 3.63) is 17.8 Å². The number of carbonyl (C=O) groups is 2. The SMILES string of the molecule is CN1C(=O)CNc2ncc(C(=O)N3CCN(C4CCCCC4)CC3)cc21. The summed E-state index contributed by atoms with van der Waals surface area (Å²) in [4.78, 5) is 35.2. The number of rotatable bonds is 2. The molecule has 3 aliphatic rings. The third kappa shape index (κ3) is 3.28. The van der Waals surface area contributed by atoms with Crippen molar-refractivity contribution in [2.75, 3.05) is 50.0 Å². The second kappa shape index (κ2) is 7.23. The van der Waals surface area contributed by atoms with Gasteiger partial charge in [0.1, 0.15) is 5.82 Å². The molecule has 0 bridgehead atoms. The van der Waals surface area contributed by atoms with Gasteiger partial charge in [0.15, 0.2) is 0 Å². The third-order valence-electron chi connectivity index (χ3n) is 5.95. The summed E-state index contributed by atoms with van der Waals surface area (Å²) >= 11 is 0. The van der Waals surface area contributed by atoms with Crippen LogP contribution in [0.1, 0.15) is 42.5 Å². The van der Waals surface area contributed by atoms with Crippen LogP contribution in [0.15, 0.2) is 12.3 Å². The lowest BCUT2D eigenvalue weighted by Gasteiger charge is -2.40. The molecule has 4 rings (SSSR count). The van der Waals surface area contributed by atoms with Crippen molar-refractivity contribution < 1.29 is 9.59 Å². The van der Waals surface area contributed by atoms with Crippen LogP contribution in [0.5, 0.6) is 0 Å². The fourth-order valence-corrected chi connectivity index (χ4v) is 4.29. The van der Waals surface area contributed by atoms with E-state index in [9.17, 15) is 9.59 Å². The number of aromatic nitrogens is 1. The zero-order valence-electron chi connectivity index (χ0n) is 15.4. The number of amides is 2. The van der Waals surface area contributed by atoms with Crippen LogP contribution in [-0.2, 0) is 4.79 Å². The molecular weight excluding hydrogens is 330 g/mol. The first kappa shape index (κ1) is 17.3. The van der Waals surface area contributed by atoms with Crippen molar-refractivity contribution in [3.63, 3.8) is 0 Å². The number of fused-ring (bicyclic) bond motifs is 1. The summed E-state index contributed by atoms with van der Waals surface area (Å²) in [5.74, 6) is 0.644. The highest BCUT2D eigenvalue weighted by atomic mass is 16.2.